The fourth-order valence-electron chi connectivity index (χ4n) is 3.47. The average molecular weight is 255 g/mol. The number of nitrogens with one attached hydrogen (secondary N) is 1. The van der Waals surface area contributed by atoms with Gasteiger partial charge in [0.25, 0.3) is 5.91 Å². The molecule has 98 valence electrons. The predicted octanol–water partition coefficient (Wildman–Crippen LogP) is 1.14. The maximum Gasteiger partial charge on any atom is 0.266 e. The Kier molecular flexibility index (Phi) is 2.45. The Bertz CT molecular complexity index is 566. The fraction of sp³-hybridized carbons (Fsp3) is 0.467. The van der Waals surface area contributed by atoms with Crippen molar-refractivity contribution in [1.29, 1.82) is 0 Å². The molecule has 3 aliphatic heterocycles. The van der Waals surface area contributed by atoms with Crippen molar-refractivity contribution >= 4 is 17.3 Å². The van der Waals surface area contributed by atoms with Gasteiger partial charge in [0.05, 0.1) is 5.69 Å². The summed E-state index contributed by atoms with van der Waals surface area (Å²) in [6.45, 7) is 3.36. The largest absolute Gasteiger partial charge is 0.347 e. The van der Waals surface area contributed by atoms with E-state index in [1.807, 2.05) is 24.3 Å². The van der Waals surface area contributed by atoms with Crippen molar-refractivity contribution in [1.82, 2.24) is 10.2 Å². The molecule has 0 aliphatic carbocycles. The highest BCUT2D eigenvalue weighted by Crippen LogP contribution is 2.29. The number of para-hydroxylation sites is 1. The van der Waals surface area contributed by atoms with E-state index in [1.54, 1.807) is 0 Å². The van der Waals surface area contributed by atoms with Crippen LogP contribution in [-0.2, 0) is 11.2 Å². The van der Waals surface area contributed by atoms with E-state index < -0.39 is 0 Å². The normalized spacial score (nSPS) is 31.2. The summed E-state index contributed by atoms with van der Waals surface area (Å²) in [6, 6.07) is 8.30. The average Bonchev–Trinajstić information content (AvgIpc) is 3.12. The topological polar surface area (TPSA) is 44.7 Å². The molecule has 1 aromatic rings. The van der Waals surface area contributed by atoms with E-state index in [0.717, 1.165) is 24.3 Å². The number of benzene rings is 1. The lowest BCUT2D eigenvalue weighted by atomic mass is 9.99. The van der Waals surface area contributed by atoms with Crippen LogP contribution in [0.25, 0.3) is 0 Å². The Morgan fingerprint density at radius 3 is 2.95 bits per heavy atom. The molecule has 4 rings (SSSR count). The van der Waals surface area contributed by atoms with Gasteiger partial charge in [-0.25, -0.2) is 4.99 Å². The number of carbonyl (C=O) groups excluding carboxylic acids is 1. The van der Waals surface area contributed by atoms with Gasteiger partial charge in [0.1, 0.15) is 5.71 Å². The van der Waals surface area contributed by atoms with Gasteiger partial charge >= 0.3 is 0 Å². The fourth-order valence-corrected chi connectivity index (χ4v) is 3.47. The number of aliphatic imine (C=N–C) groups is 1. The molecule has 1 aromatic carbocycles. The minimum Gasteiger partial charge on any atom is -0.347 e. The van der Waals surface area contributed by atoms with Crippen LogP contribution in [0.15, 0.2) is 29.3 Å². The van der Waals surface area contributed by atoms with Crippen LogP contribution in [-0.4, -0.2) is 42.2 Å². The minimum absolute atomic E-state index is 0.0231. The van der Waals surface area contributed by atoms with Crippen molar-refractivity contribution in [3.8, 4) is 0 Å². The maximum absolute atomic E-state index is 12.3. The summed E-state index contributed by atoms with van der Waals surface area (Å²) in [5.74, 6) is 0.670. The quantitative estimate of drug-likeness (QED) is 0.861. The molecule has 1 amide bonds. The Morgan fingerprint density at radius 2 is 2.21 bits per heavy atom. The summed E-state index contributed by atoms with van der Waals surface area (Å²) in [5.41, 5.74) is 2.77. The molecule has 2 fully saturated rings. The minimum atomic E-state index is 0.0231. The molecule has 3 atom stereocenters. The standard InChI is InChI=1S/C15H17N3O/c19-15(17-14-9-18-6-5-11(14)8-18)13-7-10-3-1-2-4-12(10)16-13/h1-4,11,14H,5-9H2,(H,17,19). The second-order valence-corrected chi connectivity index (χ2v) is 5.75. The van der Waals surface area contributed by atoms with E-state index in [-0.39, 0.29) is 5.91 Å². The lowest BCUT2D eigenvalue weighted by Gasteiger charge is -2.23. The number of piperidine rings is 1. The number of carbonyl (C=O) groups is 1. The van der Waals surface area contributed by atoms with Gasteiger partial charge in [-0.1, -0.05) is 18.2 Å². The highest BCUT2D eigenvalue weighted by atomic mass is 16.2. The first-order valence-corrected chi connectivity index (χ1v) is 6.98. The van der Waals surface area contributed by atoms with Crippen LogP contribution in [0.2, 0.25) is 0 Å². The van der Waals surface area contributed by atoms with E-state index >= 15 is 0 Å². The summed E-state index contributed by atoms with van der Waals surface area (Å²) >= 11 is 0. The lowest BCUT2D eigenvalue weighted by Crippen LogP contribution is -2.45. The van der Waals surface area contributed by atoms with Gasteiger partial charge in [0.2, 0.25) is 0 Å². The van der Waals surface area contributed by atoms with Crippen LogP contribution in [0, 0.1) is 5.92 Å². The Morgan fingerprint density at radius 1 is 1.32 bits per heavy atom. The first-order chi connectivity index (χ1) is 9.29. The lowest BCUT2D eigenvalue weighted by molar-refractivity contribution is -0.115. The molecule has 0 radical (unpaired) electrons. The second kappa shape index (κ2) is 4.17. The molecule has 19 heavy (non-hydrogen) atoms. The third-order valence-electron chi connectivity index (χ3n) is 4.52. The Hall–Kier alpha value is -1.68. The molecule has 1 N–H and O–H groups in total. The molecule has 3 heterocycles. The zero-order valence-corrected chi connectivity index (χ0v) is 10.8. The number of fused-ring (bicyclic) bond motifs is 3. The number of hydrogen-bond donors (Lipinski definition) is 1. The first kappa shape index (κ1) is 11.2. The second-order valence-electron chi connectivity index (χ2n) is 5.75. The van der Waals surface area contributed by atoms with E-state index in [0.29, 0.717) is 24.1 Å². The van der Waals surface area contributed by atoms with E-state index in [4.69, 9.17) is 0 Å². The molecule has 0 saturated carbocycles. The zero-order chi connectivity index (χ0) is 12.8. The molecule has 3 aliphatic rings. The molecule has 4 heteroatoms. The number of hydrogen-bond acceptors (Lipinski definition) is 3. The van der Waals surface area contributed by atoms with Crippen molar-refractivity contribution in [2.45, 2.75) is 18.9 Å². The summed E-state index contributed by atoms with van der Waals surface area (Å²) in [4.78, 5) is 19.2. The highest BCUT2D eigenvalue weighted by molar-refractivity contribution is 6.41. The third-order valence-corrected chi connectivity index (χ3v) is 4.52. The van der Waals surface area contributed by atoms with Gasteiger partial charge in [-0.15, -0.1) is 0 Å². The van der Waals surface area contributed by atoms with E-state index in [2.05, 4.69) is 15.2 Å². The third kappa shape index (κ3) is 1.87. The molecular formula is C15H17N3O. The van der Waals surface area contributed by atoms with Crippen molar-refractivity contribution in [3.05, 3.63) is 29.8 Å². The van der Waals surface area contributed by atoms with Crippen LogP contribution >= 0.6 is 0 Å². The number of amides is 1. The molecule has 3 unspecified atom stereocenters. The van der Waals surface area contributed by atoms with Gasteiger partial charge in [-0.2, -0.15) is 0 Å². The Balaban J connectivity index is 1.45. The van der Waals surface area contributed by atoms with Crippen molar-refractivity contribution in [3.63, 3.8) is 0 Å². The van der Waals surface area contributed by atoms with Gasteiger partial charge in [0.15, 0.2) is 0 Å². The summed E-state index contributed by atoms with van der Waals surface area (Å²) in [7, 11) is 0. The molecular weight excluding hydrogens is 238 g/mol. The molecule has 4 nitrogen and oxygen atoms in total. The molecule has 2 saturated heterocycles. The van der Waals surface area contributed by atoms with Crippen molar-refractivity contribution < 1.29 is 4.79 Å². The summed E-state index contributed by atoms with van der Waals surface area (Å²) < 4.78 is 0. The van der Waals surface area contributed by atoms with Gasteiger partial charge in [0, 0.05) is 25.6 Å². The summed E-state index contributed by atoms with van der Waals surface area (Å²) in [5, 5.41) is 3.18. The Labute approximate surface area is 112 Å². The van der Waals surface area contributed by atoms with Gasteiger partial charge < -0.3 is 10.2 Å². The predicted molar refractivity (Wildman–Crippen MR) is 73.7 cm³/mol. The van der Waals surface area contributed by atoms with Crippen LogP contribution in [0.1, 0.15) is 12.0 Å². The highest BCUT2D eigenvalue weighted by Gasteiger charge is 2.39. The monoisotopic (exact) mass is 255 g/mol. The molecule has 0 spiro atoms. The zero-order valence-electron chi connectivity index (χ0n) is 10.8. The van der Waals surface area contributed by atoms with Gasteiger partial charge in [-0.3, -0.25) is 4.79 Å². The first-order valence-electron chi connectivity index (χ1n) is 6.98. The number of rotatable bonds is 2. The number of nitrogens with zero attached hydrogens (tertiary/aromatic N) is 2. The van der Waals surface area contributed by atoms with Crippen molar-refractivity contribution in [2.75, 3.05) is 19.6 Å². The maximum atomic E-state index is 12.3. The van der Waals surface area contributed by atoms with Crippen LogP contribution in [0.4, 0.5) is 5.69 Å². The molecule has 0 aromatic heterocycles. The SMILES string of the molecule is O=C(NC1CN2CCC1C2)C1=Nc2ccccc2C1. The van der Waals surface area contributed by atoms with Crippen LogP contribution in [0.5, 0.6) is 0 Å². The van der Waals surface area contributed by atoms with E-state index in [1.165, 1.54) is 13.0 Å². The summed E-state index contributed by atoms with van der Waals surface area (Å²) in [6.07, 6.45) is 1.89. The molecule has 2 bridgehead atoms. The smallest absolute Gasteiger partial charge is 0.266 e. The van der Waals surface area contributed by atoms with Crippen LogP contribution in [0.3, 0.4) is 0 Å². The van der Waals surface area contributed by atoms with Gasteiger partial charge in [-0.05, 0) is 30.5 Å². The van der Waals surface area contributed by atoms with Crippen LogP contribution < -0.4 is 5.32 Å². The van der Waals surface area contributed by atoms with E-state index in [9.17, 15) is 4.79 Å². The van der Waals surface area contributed by atoms with Crippen molar-refractivity contribution in [2.24, 2.45) is 10.9 Å².